The molecule has 1 aliphatic heterocycles. The molecule has 0 spiro atoms. The molecule has 0 aromatic carbocycles. The van der Waals surface area contributed by atoms with Crippen LogP contribution in [0.25, 0.3) is 0 Å². The maximum Gasteiger partial charge on any atom is 0.695 e. The summed E-state index contributed by atoms with van der Waals surface area (Å²) in [7, 11) is 6.01. The van der Waals surface area contributed by atoms with Crippen molar-refractivity contribution in [2.45, 2.75) is 24.3 Å². The Morgan fingerprint density at radius 3 is 2.56 bits per heavy atom. The summed E-state index contributed by atoms with van der Waals surface area (Å²) in [6.45, 7) is 0.877. The lowest BCUT2D eigenvalue weighted by Crippen LogP contribution is -2.38. The lowest BCUT2D eigenvalue weighted by Gasteiger charge is -2.18. The average Bonchev–Trinajstić information content (AvgIpc) is 2.57. The largest absolute Gasteiger partial charge is 0.695 e. The molecule has 0 saturated carbocycles. The van der Waals surface area contributed by atoms with Crippen molar-refractivity contribution in [2.24, 2.45) is 0 Å². The van der Waals surface area contributed by atoms with Gasteiger partial charge in [0.1, 0.15) is 20.1 Å². The molecule has 7 nitrogen and oxygen atoms in total. The van der Waals surface area contributed by atoms with Crippen LogP contribution in [0.2, 0.25) is 0 Å². The molecule has 1 N–H and O–H groups in total. The summed E-state index contributed by atoms with van der Waals surface area (Å²) in [5.74, 6) is 0. The quantitative estimate of drug-likeness (QED) is 0.367. The van der Waals surface area contributed by atoms with Gasteiger partial charge in [-0.3, -0.25) is 0 Å². The molecule has 1 aliphatic rings. The highest BCUT2D eigenvalue weighted by Crippen LogP contribution is 2.31. The van der Waals surface area contributed by atoms with Crippen LogP contribution in [0.3, 0.4) is 0 Å². The molecule has 1 heterocycles. The Kier molecular flexibility index (Phi) is 7.25. The van der Waals surface area contributed by atoms with Crippen LogP contribution in [-0.2, 0) is 28.0 Å². The van der Waals surface area contributed by atoms with Gasteiger partial charge in [-0.05, 0) is 0 Å². The molecular weight excluding hydrogens is 262 g/mol. The number of hydrogen-bond acceptors (Lipinski definition) is 6. The topological polar surface area (TPSA) is 83.5 Å². The lowest BCUT2D eigenvalue weighted by molar-refractivity contribution is -0.0341. The first-order valence-corrected chi connectivity index (χ1v) is 6.56. The molecule has 1 rings (SSSR count). The predicted octanol–water partition coefficient (Wildman–Crippen LogP) is -0.407. The van der Waals surface area contributed by atoms with Crippen molar-refractivity contribution in [1.82, 2.24) is 0 Å². The Morgan fingerprint density at radius 2 is 2.00 bits per heavy atom. The van der Waals surface area contributed by atoms with E-state index in [0.29, 0.717) is 13.2 Å². The third kappa shape index (κ3) is 4.55. The molecule has 0 aromatic heterocycles. The number of methoxy groups -OCH3 is 2. The first kappa shape index (κ1) is 16.0. The Balaban J connectivity index is 2.61. The van der Waals surface area contributed by atoms with E-state index in [1.165, 1.54) is 7.11 Å². The van der Waals surface area contributed by atoms with Crippen LogP contribution >= 0.6 is 8.25 Å². The zero-order valence-corrected chi connectivity index (χ0v) is 11.2. The smallest absolute Gasteiger partial charge is 0.382 e. The van der Waals surface area contributed by atoms with Crippen molar-refractivity contribution < 1.29 is 32.9 Å². The van der Waals surface area contributed by atoms with E-state index in [2.05, 4.69) is 0 Å². The average molecular weight is 279 g/mol. The SMILES string of the molecule is [B]C1OC(COC)C(O[P+](=O)O)C1OCCOC. The van der Waals surface area contributed by atoms with Crippen LogP contribution in [0.4, 0.5) is 0 Å². The van der Waals surface area contributed by atoms with Gasteiger partial charge >= 0.3 is 8.25 Å². The van der Waals surface area contributed by atoms with Crippen molar-refractivity contribution >= 4 is 16.1 Å². The molecule has 1 saturated heterocycles. The Morgan fingerprint density at radius 1 is 1.28 bits per heavy atom. The summed E-state index contributed by atoms with van der Waals surface area (Å²) in [5.41, 5.74) is 0. The number of hydrogen-bond donors (Lipinski definition) is 1. The fraction of sp³-hybridized carbons (Fsp3) is 1.00. The standard InChI is InChI=1S/C9H16BO7P/c1-13-3-4-15-8-7(17-18(11)12)6(5-14-2)16-9(8)10/h6-9H,3-5H2,1-2H3/p+1. The van der Waals surface area contributed by atoms with Gasteiger partial charge in [-0.25, -0.2) is 0 Å². The minimum Gasteiger partial charge on any atom is -0.382 e. The van der Waals surface area contributed by atoms with Crippen molar-refractivity contribution in [3.8, 4) is 0 Å². The second kappa shape index (κ2) is 8.17. The molecule has 1 fully saturated rings. The predicted molar refractivity (Wildman–Crippen MR) is 62.6 cm³/mol. The van der Waals surface area contributed by atoms with Gasteiger partial charge in [0, 0.05) is 24.8 Å². The van der Waals surface area contributed by atoms with Crippen LogP contribution in [-0.4, -0.2) is 71.1 Å². The number of rotatable bonds is 8. The Labute approximate surface area is 108 Å². The van der Waals surface area contributed by atoms with Crippen LogP contribution in [0, 0.1) is 0 Å². The van der Waals surface area contributed by atoms with Crippen molar-refractivity contribution in [2.75, 3.05) is 34.0 Å². The van der Waals surface area contributed by atoms with Crippen LogP contribution in [0.15, 0.2) is 0 Å². The first-order valence-electron chi connectivity index (χ1n) is 5.43. The Bertz CT molecular complexity index is 267. The van der Waals surface area contributed by atoms with E-state index in [1.807, 2.05) is 0 Å². The van der Waals surface area contributed by atoms with E-state index in [-0.39, 0.29) is 6.61 Å². The summed E-state index contributed by atoms with van der Waals surface area (Å²) in [5, 5.41) is 0. The molecule has 102 valence electrons. The molecule has 5 atom stereocenters. The zero-order valence-electron chi connectivity index (χ0n) is 10.4. The van der Waals surface area contributed by atoms with Crippen molar-refractivity contribution in [3.63, 3.8) is 0 Å². The highest BCUT2D eigenvalue weighted by atomic mass is 31.1. The molecule has 5 unspecified atom stereocenters. The molecule has 0 bridgehead atoms. The van der Waals surface area contributed by atoms with Gasteiger partial charge < -0.3 is 18.9 Å². The van der Waals surface area contributed by atoms with Gasteiger partial charge in [0.2, 0.25) is 0 Å². The second-order valence-electron chi connectivity index (χ2n) is 3.73. The summed E-state index contributed by atoms with van der Waals surface area (Å²) < 4.78 is 36.3. The molecule has 0 aromatic rings. The van der Waals surface area contributed by atoms with Crippen molar-refractivity contribution in [3.05, 3.63) is 0 Å². The summed E-state index contributed by atoms with van der Waals surface area (Å²) in [6.07, 6.45) is -1.92. The molecule has 18 heavy (non-hydrogen) atoms. The second-order valence-corrected chi connectivity index (χ2v) is 4.42. The summed E-state index contributed by atoms with van der Waals surface area (Å²) >= 11 is 0. The third-order valence-corrected chi connectivity index (χ3v) is 2.91. The van der Waals surface area contributed by atoms with Gasteiger partial charge in [0.15, 0.2) is 6.10 Å². The highest BCUT2D eigenvalue weighted by Gasteiger charge is 2.48. The molecule has 2 radical (unpaired) electrons. The van der Waals surface area contributed by atoms with Gasteiger partial charge in [-0.15, -0.1) is 9.42 Å². The summed E-state index contributed by atoms with van der Waals surface area (Å²) in [4.78, 5) is 8.84. The monoisotopic (exact) mass is 279 g/mol. The maximum atomic E-state index is 10.8. The molecule has 0 amide bonds. The van der Waals surface area contributed by atoms with E-state index < -0.39 is 32.6 Å². The van der Waals surface area contributed by atoms with Crippen molar-refractivity contribution in [1.29, 1.82) is 0 Å². The van der Waals surface area contributed by atoms with Gasteiger partial charge in [-0.1, -0.05) is 0 Å². The fourth-order valence-corrected chi connectivity index (χ4v) is 2.21. The van der Waals surface area contributed by atoms with Crippen LogP contribution in [0.5, 0.6) is 0 Å². The van der Waals surface area contributed by atoms with Crippen LogP contribution < -0.4 is 0 Å². The minimum absolute atomic E-state index is 0.200. The molecular formula is C9H17BO7P+. The molecule has 0 aliphatic carbocycles. The van der Waals surface area contributed by atoms with E-state index in [9.17, 15) is 4.57 Å². The van der Waals surface area contributed by atoms with Gasteiger partial charge in [0.05, 0.1) is 19.8 Å². The lowest BCUT2D eigenvalue weighted by atomic mass is 9.93. The Hall–Kier alpha value is -0.0751. The van der Waals surface area contributed by atoms with E-state index in [4.69, 9.17) is 36.2 Å². The van der Waals surface area contributed by atoms with E-state index >= 15 is 0 Å². The fourth-order valence-electron chi connectivity index (χ4n) is 1.74. The van der Waals surface area contributed by atoms with E-state index in [0.717, 1.165) is 0 Å². The van der Waals surface area contributed by atoms with E-state index in [1.54, 1.807) is 7.11 Å². The highest BCUT2D eigenvalue weighted by molar-refractivity contribution is 7.32. The normalized spacial score (nSPS) is 32.7. The zero-order chi connectivity index (χ0) is 13.5. The minimum atomic E-state index is -2.77. The first-order chi connectivity index (χ1) is 8.60. The molecule has 9 heteroatoms. The maximum absolute atomic E-state index is 10.8. The third-order valence-electron chi connectivity index (χ3n) is 2.49. The summed E-state index contributed by atoms with van der Waals surface area (Å²) in [6, 6.07) is -0.734. The number of ether oxygens (including phenoxy) is 4. The van der Waals surface area contributed by atoms with Crippen LogP contribution in [0.1, 0.15) is 0 Å². The van der Waals surface area contributed by atoms with Gasteiger partial charge in [-0.2, -0.15) is 0 Å². The van der Waals surface area contributed by atoms with Gasteiger partial charge in [0.25, 0.3) is 0 Å².